The van der Waals surface area contributed by atoms with Gasteiger partial charge in [0.15, 0.2) is 0 Å². The van der Waals surface area contributed by atoms with Crippen molar-refractivity contribution in [2.75, 3.05) is 25.9 Å². The van der Waals surface area contributed by atoms with E-state index in [1.54, 1.807) is 23.9 Å². The van der Waals surface area contributed by atoms with Crippen LogP contribution in [0.4, 0.5) is 4.39 Å². The minimum atomic E-state index is -0.246. The number of benzene rings is 1. The van der Waals surface area contributed by atoms with Crippen molar-refractivity contribution >= 4 is 17.7 Å². The molecule has 1 heterocycles. The van der Waals surface area contributed by atoms with Crippen molar-refractivity contribution in [3.05, 3.63) is 35.6 Å². The van der Waals surface area contributed by atoms with Crippen LogP contribution in [-0.2, 0) is 4.79 Å². The maximum absolute atomic E-state index is 12.9. The Morgan fingerprint density at radius 3 is 2.82 bits per heavy atom. The Hall–Kier alpha value is -1.07. The molecule has 1 amide bonds. The van der Waals surface area contributed by atoms with E-state index in [2.05, 4.69) is 5.32 Å². The summed E-state index contributed by atoms with van der Waals surface area (Å²) in [6.07, 6.45) is 0. The number of rotatable bonds is 4. The van der Waals surface area contributed by atoms with Gasteiger partial charge in [0.25, 0.3) is 0 Å². The first-order valence-electron chi connectivity index (χ1n) is 5.53. The molecule has 1 fully saturated rings. The summed E-state index contributed by atoms with van der Waals surface area (Å²) in [6.45, 7) is 1.45. The van der Waals surface area contributed by atoms with Crippen LogP contribution in [0.3, 0.4) is 0 Å². The van der Waals surface area contributed by atoms with Crippen molar-refractivity contribution in [3.8, 4) is 0 Å². The molecule has 0 aliphatic carbocycles. The summed E-state index contributed by atoms with van der Waals surface area (Å²) in [4.78, 5) is 13.6. The molecule has 2 rings (SSSR count). The minimum Gasteiger partial charge on any atom is -0.325 e. The Bertz CT molecular complexity index is 396. The van der Waals surface area contributed by atoms with Gasteiger partial charge in [0.05, 0.1) is 5.75 Å². The monoisotopic (exact) mass is 254 g/mol. The van der Waals surface area contributed by atoms with Crippen LogP contribution >= 0.6 is 11.8 Å². The van der Waals surface area contributed by atoms with Crippen LogP contribution in [0.15, 0.2) is 24.3 Å². The van der Waals surface area contributed by atoms with E-state index < -0.39 is 0 Å². The molecule has 0 radical (unpaired) electrons. The number of hydrogen-bond acceptors (Lipinski definition) is 3. The average Bonchev–Trinajstić information content (AvgIpc) is 2.69. The lowest BCUT2D eigenvalue weighted by Gasteiger charge is -2.24. The number of hydrogen-bond donors (Lipinski definition) is 1. The van der Waals surface area contributed by atoms with E-state index in [0.29, 0.717) is 12.3 Å². The fourth-order valence-electron chi connectivity index (χ4n) is 1.83. The Balaban J connectivity index is 2.13. The van der Waals surface area contributed by atoms with Gasteiger partial charge in [0, 0.05) is 13.1 Å². The molecule has 0 aromatic heterocycles. The standard InChI is InChI=1S/C12H15FN2OS/c1-14-6-7-15-11(16)8-17-12(15)9-2-4-10(13)5-3-9/h2-5,12,14H,6-8H2,1H3. The Kier molecular flexibility index (Phi) is 4.02. The number of amides is 1. The predicted molar refractivity (Wildman–Crippen MR) is 67.2 cm³/mol. The van der Waals surface area contributed by atoms with Gasteiger partial charge in [-0.2, -0.15) is 0 Å². The molecular weight excluding hydrogens is 239 g/mol. The van der Waals surface area contributed by atoms with Crippen molar-refractivity contribution in [2.45, 2.75) is 5.37 Å². The molecule has 1 aliphatic heterocycles. The normalized spacial score (nSPS) is 20.0. The lowest BCUT2D eigenvalue weighted by Crippen LogP contribution is -2.34. The molecule has 0 spiro atoms. The van der Waals surface area contributed by atoms with Crippen LogP contribution in [0.1, 0.15) is 10.9 Å². The summed E-state index contributed by atoms with van der Waals surface area (Å²) in [5, 5.41) is 3.06. The topological polar surface area (TPSA) is 32.3 Å². The number of likely N-dealkylation sites (N-methyl/N-ethyl adjacent to an activating group) is 1. The molecule has 17 heavy (non-hydrogen) atoms. The summed E-state index contributed by atoms with van der Waals surface area (Å²) >= 11 is 1.59. The third-order valence-corrected chi connectivity index (χ3v) is 3.98. The molecular formula is C12H15FN2OS. The summed E-state index contributed by atoms with van der Waals surface area (Å²) in [7, 11) is 1.86. The molecule has 1 aromatic rings. The number of nitrogens with one attached hydrogen (secondary N) is 1. The molecule has 1 atom stereocenters. The fourth-order valence-corrected chi connectivity index (χ4v) is 3.05. The second kappa shape index (κ2) is 5.51. The Labute approximate surface area is 104 Å². The van der Waals surface area contributed by atoms with E-state index in [1.807, 2.05) is 11.9 Å². The molecule has 0 bridgehead atoms. The lowest BCUT2D eigenvalue weighted by atomic mass is 10.2. The van der Waals surface area contributed by atoms with Gasteiger partial charge in [-0.1, -0.05) is 12.1 Å². The number of halogens is 1. The summed E-state index contributed by atoms with van der Waals surface area (Å²) in [6, 6.07) is 6.37. The Morgan fingerprint density at radius 1 is 1.47 bits per heavy atom. The molecule has 3 nitrogen and oxygen atoms in total. The van der Waals surface area contributed by atoms with E-state index in [1.165, 1.54) is 12.1 Å². The van der Waals surface area contributed by atoms with Gasteiger partial charge in [0.2, 0.25) is 5.91 Å². The highest BCUT2D eigenvalue weighted by molar-refractivity contribution is 8.00. The average molecular weight is 254 g/mol. The molecule has 1 aromatic carbocycles. The zero-order chi connectivity index (χ0) is 12.3. The molecule has 92 valence electrons. The highest BCUT2D eigenvalue weighted by atomic mass is 32.2. The lowest BCUT2D eigenvalue weighted by molar-refractivity contribution is -0.127. The Morgan fingerprint density at radius 2 is 2.18 bits per heavy atom. The second-order valence-electron chi connectivity index (χ2n) is 3.91. The minimum absolute atomic E-state index is 0.0245. The van der Waals surface area contributed by atoms with E-state index in [9.17, 15) is 9.18 Å². The van der Waals surface area contributed by atoms with Gasteiger partial charge in [0.1, 0.15) is 11.2 Å². The first kappa shape index (κ1) is 12.4. The van der Waals surface area contributed by atoms with Crippen molar-refractivity contribution in [1.29, 1.82) is 0 Å². The number of carbonyl (C=O) groups is 1. The molecule has 5 heteroatoms. The number of nitrogens with zero attached hydrogens (tertiary/aromatic N) is 1. The van der Waals surface area contributed by atoms with Crippen molar-refractivity contribution in [1.82, 2.24) is 10.2 Å². The second-order valence-corrected chi connectivity index (χ2v) is 4.97. The maximum Gasteiger partial charge on any atom is 0.233 e. The zero-order valence-corrected chi connectivity index (χ0v) is 10.5. The summed E-state index contributed by atoms with van der Waals surface area (Å²) < 4.78 is 12.9. The van der Waals surface area contributed by atoms with Crippen LogP contribution in [0.5, 0.6) is 0 Å². The summed E-state index contributed by atoms with van der Waals surface area (Å²) in [5.41, 5.74) is 0.985. The molecule has 1 saturated heterocycles. The van der Waals surface area contributed by atoms with E-state index in [0.717, 1.165) is 12.1 Å². The summed E-state index contributed by atoms with van der Waals surface area (Å²) in [5.74, 6) is 0.413. The predicted octanol–water partition coefficient (Wildman–Crippen LogP) is 1.62. The van der Waals surface area contributed by atoms with E-state index in [4.69, 9.17) is 0 Å². The van der Waals surface area contributed by atoms with Gasteiger partial charge >= 0.3 is 0 Å². The maximum atomic E-state index is 12.9. The van der Waals surface area contributed by atoms with E-state index in [-0.39, 0.29) is 17.1 Å². The SMILES string of the molecule is CNCCN1C(=O)CSC1c1ccc(F)cc1. The highest BCUT2D eigenvalue weighted by Gasteiger charge is 2.32. The van der Waals surface area contributed by atoms with Crippen LogP contribution in [0.25, 0.3) is 0 Å². The van der Waals surface area contributed by atoms with Gasteiger partial charge in [-0.25, -0.2) is 4.39 Å². The van der Waals surface area contributed by atoms with Crippen LogP contribution in [-0.4, -0.2) is 36.7 Å². The van der Waals surface area contributed by atoms with Crippen molar-refractivity contribution < 1.29 is 9.18 Å². The van der Waals surface area contributed by atoms with Crippen LogP contribution in [0.2, 0.25) is 0 Å². The molecule has 1 unspecified atom stereocenters. The zero-order valence-electron chi connectivity index (χ0n) is 9.65. The first-order valence-corrected chi connectivity index (χ1v) is 6.58. The largest absolute Gasteiger partial charge is 0.325 e. The highest BCUT2D eigenvalue weighted by Crippen LogP contribution is 2.38. The molecule has 0 saturated carbocycles. The van der Waals surface area contributed by atoms with Gasteiger partial charge < -0.3 is 10.2 Å². The fraction of sp³-hybridized carbons (Fsp3) is 0.417. The molecule has 1 N–H and O–H groups in total. The number of carbonyl (C=O) groups excluding carboxylic acids is 1. The third-order valence-electron chi connectivity index (χ3n) is 2.73. The van der Waals surface area contributed by atoms with Crippen LogP contribution < -0.4 is 5.32 Å². The van der Waals surface area contributed by atoms with E-state index >= 15 is 0 Å². The third kappa shape index (κ3) is 2.79. The number of thioether (sulfide) groups is 1. The van der Waals surface area contributed by atoms with Crippen LogP contribution in [0, 0.1) is 5.82 Å². The smallest absolute Gasteiger partial charge is 0.233 e. The van der Waals surface area contributed by atoms with Crippen molar-refractivity contribution in [2.24, 2.45) is 0 Å². The van der Waals surface area contributed by atoms with Gasteiger partial charge in [-0.15, -0.1) is 11.8 Å². The van der Waals surface area contributed by atoms with Gasteiger partial charge in [-0.05, 0) is 24.7 Å². The first-order chi connectivity index (χ1) is 8.22. The molecule has 1 aliphatic rings. The van der Waals surface area contributed by atoms with Gasteiger partial charge in [-0.3, -0.25) is 4.79 Å². The quantitative estimate of drug-likeness (QED) is 0.886. The van der Waals surface area contributed by atoms with Crippen molar-refractivity contribution in [3.63, 3.8) is 0 Å².